The molecule has 0 bridgehead atoms. The van der Waals surface area contributed by atoms with E-state index < -0.39 is 27.8 Å². The van der Waals surface area contributed by atoms with Crippen LogP contribution in [0.3, 0.4) is 0 Å². The average molecular weight is 367 g/mol. The SMILES string of the molecule is CC(C)NC(=O)C(C)NS(=O)(=O)c1ccc(Br)c(F)c1. The Balaban J connectivity index is 2.89. The van der Waals surface area contributed by atoms with Crippen molar-refractivity contribution in [2.45, 2.75) is 37.8 Å². The zero-order valence-electron chi connectivity index (χ0n) is 11.3. The van der Waals surface area contributed by atoms with Crippen molar-refractivity contribution in [2.75, 3.05) is 0 Å². The minimum Gasteiger partial charge on any atom is -0.353 e. The second kappa shape index (κ2) is 6.64. The molecule has 0 aromatic heterocycles. The summed E-state index contributed by atoms with van der Waals surface area (Å²) in [6.45, 7) is 4.96. The quantitative estimate of drug-likeness (QED) is 0.833. The van der Waals surface area contributed by atoms with E-state index in [0.29, 0.717) is 0 Å². The molecule has 0 heterocycles. The molecule has 0 aliphatic rings. The lowest BCUT2D eigenvalue weighted by Crippen LogP contribution is -2.46. The first kappa shape index (κ1) is 17.1. The lowest BCUT2D eigenvalue weighted by atomic mass is 10.3. The Labute approximate surface area is 126 Å². The second-order valence-corrected chi connectivity index (χ2v) is 7.15. The molecule has 0 aliphatic heterocycles. The molecule has 2 N–H and O–H groups in total. The van der Waals surface area contributed by atoms with Crippen LogP contribution in [0.5, 0.6) is 0 Å². The smallest absolute Gasteiger partial charge is 0.241 e. The van der Waals surface area contributed by atoms with Crippen LogP contribution in [0.4, 0.5) is 4.39 Å². The van der Waals surface area contributed by atoms with Crippen LogP contribution >= 0.6 is 15.9 Å². The number of hydrogen-bond donors (Lipinski definition) is 2. The van der Waals surface area contributed by atoms with Crippen molar-refractivity contribution >= 4 is 31.9 Å². The summed E-state index contributed by atoms with van der Waals surface area (Å²) in [6.07, 6.45) is 0. The molecule has 0 fully saturated rings. The van der Waals surface area contributed by atoms with Gasteiger partial charge in [-0.2, -0.15) is 4.72 Å². The molecule has 1 aromatic carbocycles. The van der Waals surface area contributed by atoms with E-state index in [1.54, 1.807) is 13.8 Å². The Morgan fingerprint density at radius 1 is 1.30 bits per heavy atom. The summed E-state index contributed by atoms with van der Waals surface area (Å²) < 4.78 is 39.8. The van der Waals surface area contributed by atoms with Gasteiger partial charge < -0.3 is 5.32 Å². The van der Waals surface area contributed by atoms with Crippen LogP contribution < -0.4 is 10.0 Å². The predicted octanol–water partition coefficient (Wildman–Crippen LogP) is 1.78. The number of carbonyl (C=O) groups excluding carboxylic acids is 1. The molecule has 0 saturated carbocycles. The summed E-state index contributed by atoms with van der Waals surface area (Å²) in [7, 11) is -3.95. The molecule has 0 spiro atoms. The van der Waals surface area contributed by atoms with E-state index in [1.807, 2.05) is 0 Å². The zero-order chi connectivity index (χ0) is 15.5. The van der Waals surface area contributed by atoms with Gasteiger partial charge in [-0.3, -0.25) is 4.79 Å². The maximum Gasteiger partial charge on any atom is 0.241 e. The van der Waals surface area contributed by atoms with Crippen molar-refractivity contribution in [1.82, 2.24) is 10.0 Å². The molecular formula is C12H16BrFN2O3S. The number of nitrogens with one attached hydrogen (secondary N) is 2. The maximum atomic E-state index is 13.4. The topological polar surface area (TPSA) is 75.3 Å². The van der Waals surface area contributed by atoms with Gasteiger partial charge in [0.15, 0.2) is 0 Å². The lowest BCUT2D eigenvalue weighted by Gasteiger charge is -2.16. The van der Waals surface area contributed by atoms with E-state index in [9.17, 15) is 17.6 Å². The molecule has 0 radical (unpaired) electrons. The summed E-state index contributed by atoms with van der Waals surface area (Å²) in [4.78, 5) is 11.4. The van der Waals surface area contributed by atoms with Crippen LogP contribution in [-0.4, -0.2) is 26.4 Å². The molecule has 8 heteroatoms. The van der Waals surface area contributed by atoms with Crippen molar-refractivity contribution in [2.24, 2.45) is 0 Å². The first-order valence-electron chi connectivity index (χ1n) is 5.91. The number of halogens is 2. The van der Waals surface area contributed by atoms with Gasteiger partial charge in [-0.25, -0.2) is 12.8 Å². The Morgan fingerprint density at radius 2 is 1.90 bits per heavy atom. The second-order valence-electron chi connectivity index (χ2n) is 4.58. The largest absolute Gasteiger partial charge is 0.353 e. The molecule has 0 saturated heterocycles. The fraction of sp³-hybridized carbons (Fsp3) is 0.417. The molecule has 1 aromatic rings. The molecule has 1 atom stereocenters. The number of hydrogen-bond acceptors (Lipinski definition) is 3. The Kier molecular flexibility index (Phi) is 5.67. The van der Waals surface area contributed by atoms with Gasteiger partial charge in [-0.05, 0) is 54.9 Å². The summed E-state index contributed by atoms with van der Waals surface area (Å²) in [5.41, 5.74) is 0. The summed E-state index contributed by atoms with van der Waals surface area (Å²) in [6, 6.07) is 2.39. The molecule has 5 nitrogen and oxygen atoms in total. The maximum absolute atomic E-state index is 13.4. The highest BCUT2D eigenvalue weighted by Crippen LogP contribution is 2.19. The molecular weight excluding hydrogens is 351 g/mol. The minimum atomic E-state index is -3.95. The highest BCUT2D eigenvalue weighted by Gasteiger charge is 2.23. The van der Waals surface area contributed by atoms with Crippen LogP contribution in [0, 0.1) is 5.82 Å². The third-order valence-corrected chi connectivity index (χ3v) is 4.54. The standard InChI is InChI=1S/C12H16BrFN2O3S/c1-7(2)15-12(17)8(3)16-20(18,19)9-4-5-10(13)11(14)6-9/h4-8,16H,1-3H3,(H,15,17). The Hall–Kier alpha value is -0.990. The first-order chi connectivity index (χ1) is 9.13. The normalized spacial score (nSPS) is 13.3. The molecule has 1 rings (SSSR count). The zero-order valence-corrected chi connectivity index (χ0v) is 13.7. The number of benzene rings is 1. The summed E-state index contributed by atoms with van der Waals surface area (Å²) in [5, 5.41) is 2.59. The van der Waals surface area contributed by atoms with Gasteiger partial charge in [-0.15, -0.1) is 0 Å². The van der Waals surface area contributed by atoms with Crippen LogP contribution in [-0.2, 0) is 14.8 Å². The van der Waals surface area contributed by atoms with Crippen LogP contribution in [0.25, 0.3) is 0 Å². The van der Waals surface area contributed by atoms with Gasteiger partial charge in [0, 0.05) is 6.04 Å². The van der Waals surface area contributed by atoms with E-state index in [0.717, 1.165) is 6.07 Å². The summed E-state index contributed by atoms with van der Waals surface area (Å²) >= 11 is 2.94. The van der Waals surface area contributed by atoms with Crippen molar-refractivity contribution in [3.05, 3.63) is 28.5 Å². The number of sulfonamides is 1. The average Bonchev–Trinajstić information content (AvgIpc) is 2.31. The van der Waals surface area contributed by atoms with Crippen LogP contribution in [0.2, 0.25) is 0 Å². The summed E-state index contributed by atoms with van der Waals surface area (Å²) in [5.74, 6) is -1.13. The van der Waals surface area contributed by atoms with E-state index in [1.165, 1.54) is 19.1 Å². The number of amides is 1. The van der Waals surface area contributed by atoms with E-state index in [4.69, 9.17) is 0 Å². The Bertz CT molecular complexity index is 605. The van der Waals surface area contributed by atoms with Gasteiger partial charge >= 0.3 is 0 Å². The highest BCUT2D eigenvalue weighted by atomic mass is 79.9. The molecule has 1 unspecified atom stereocenters. The monoisotopic (exact) mass is 366 g/mol. The van der Waals surface area contributed by atoms with Crippen molar-refractivity contribution < 1.29 is 17.6 Å². The van der Waals surface area contributed by atoms with Crippen LogP contribution in [0.15, 0.2) is 27.6 Å². The van der Waals surface area contributed by atoms with Gasteiger partial charge in [0.2, 0.25) is 15.9 Å². The van der Waals surface area contributed by atoms with E-state index >= 15 is 0 Å². The highest BCUT2D eigenvalue weighted by molar-refractivity contribution is 9.10. The lowest BCUT2D eigenvalue weighted by molar-refractivity contribution is -0.122. The first-order valence-corrected chi connectivity index (χ1v) is 8.19. The number of carbonyl (C=O) groups is 1. The van der Waals surface area contributed by atoms with E-state index in [-0.39, 0.29) is 15.4 Å². The van der Waals surface area contributed by atoms with Gasteiger partial charge in [0.05, 0.1) is 15.4 Å². The van der Waals surface area contributed by atoms with Gasteiger partial charge in [-0.1, -0.05) is 0 Å². The van der Waals surface area contributed by atoms with Crippen LogP contribution in [0.1, 0.15) is 20.8 Å². The molecule has 112 valence electrons. The minimum absolute atomic E-state index is 0.0976. The molecule has 20 heavy (non-hydrogen) atoms. The molecule has 1 amide bonds. The molecule has 0 aliphatic carbocycles. The van der Waals surface area contributed by atoms with Gasteiger partial charge in [0.1, 0.15) is 5.82 Å². The van der Waals surface area contributed by atoms with Gasteiger partial charge in [0.25, 0.3) is 0 Å². The fourth-order valence-corrected chi connectivity index (χ4v) is 2.87. The third-order valence-electron chi connectivity index (χ3n) is 2.36. The van der Waals surface area contributed by atoms with E-state index in [2.05, 4.69) is 26.0 Å². The Morgan fingerprint density at radius 3 is 2.40 bits per heavy atom. The van der Waals surface area contributed by atoms with Crippen molar-refractivity contribution in [1.29, 1.82) is 0 Å². The fourth-order valence-electron chi connectivity index (χ4n) is 1.41. The van der Waals surface area contributed by atoms with Crippen molar-refractivity contribution in [3.63, 3.8) is 0 Å². The van der Waals surface area contributed by atoms with Crippen molar-refractivity contribution in [3.8, 4) is 0 Å². The number of rotatable bonds is 5. The third kappa shape index (κ3) is 4.53. The predicted molar refractivity (Wildman–Crippen MR) is 77.2 cm³/mol.